The molecule has 1 aromatic heterocycles. The number of rotatable bonds is 4. The second kappa shape index (κ2) is 4.56. The van der Waals surface area contributed by atoms with E-state index in [1.165, 1.54) is 10.9 Å². The third-order valence-electron chi connectivity index (χ3n) is 3.22. The van der Waals surface area contributed by atoms with Gasteiger partial charge in [0.2, 0.25) is 0 Å². The van der Waals surface area contributed by atoms with Crippen molar-refractivity contribution >= 4 is 10.9 Å². The molecule has 1 nitrogen and oxygen atoms in total. The number of hydrogen-bond acceptors (Lipinski definition) is 0. The van der Waals surface area contributed by atoms with Crippen LogP contribution in [0.2, 0.25) is 0 Å². The normalized spacial score (nSPS) is 14.9. The Balaban J connectivity index is 2.29. The molecule has 0 saturated carbocycles. The van der Waals surface area contributed by atoms with Gasteiger partial charge in [0.25, 0.3) is 0 Å². The van der Waals surface area contributed by atoms with Crippen molar-refractivity contribution in [1.29, 1.82) is 0 Å². The zero-order valence-corrected chi connectivity index (χ0v) is 10.1. The van der Waals surface area contributed by atoms with Gasteiger partial charge < -0.3 is 4.57 Å². The van der Waals surface area contributed by atoms with Crippen molar-refractivity contribution in [3.05, 3.63) is 49.2 Å². The van der Waals surface area contributed by atoms with E-state index in [-0.39, 0.29) is 0 Å². The summed E-state index contributed by atoms with van der Waals surface area (Å²) in [7, 11) is 0. The molecule has 2 aromatic rings. The van der Waals surface area contributed by atoms with Crippen LogP contribution in [0, 0.1) is 5.92 Å². The summed E-state index contributed by atoms with van der Waals surface area (Å²) in [5, 5.41) is 1.32. The van der Waals surface area contributed by atoms with Gasteiger partial charge in [-0.2, -0.15) is 0 Å². The molecule has 2 rings (SSSR count). The smallest absolute Gasteiger partial charge is 0.0482 e. The van der Waals surface area contributed by atoms with Crippen molar-refractivity contribution in [1.82, 2.24) is 4.57 Å². The summed E-state index contributed by atoms with van der Waals surface area (Å²) in [5.74, 6) is 0.566. The third-order valence-corrected chi connectivity index (χ3v) is 3.22. The number of para-hydroxylation sites is 1. The molecule has 84 valence electrons. The van der Waals surface area contributed by atoms with E-state index >= 15 is 0 Å². The van der Waals surface area contributed by atoms with E-state index in [1.54, 1.807) is 0 Å². The summed E-state index contributed by atoms with van der Waals surface area (Å²) in [6, 6.07) is 11.2. The molecule has 1 aromatic carbocycles. The lowest BCUT2D eigenvalue weighted by molar-refractivity contribution is 0.463. The highest BCUT2D eigenvalue weighted by Gasteiger charge is 2.09. The van der Waals surface area contributed by atoms with Gasteiger partial charge in [-0.05, 0) is 36.8 Å². The second-order valence-electron chi connectivity index (χ2n) is 4.58. The van der Waals surface area contributed by atoms with Crippen LogP contribution >= 0.6 is 0 Å². The van der Waals surface area contributed by atoms with E-state index in [2.05, 4.69) is 61.5 Å². The number of benzene rings is 1. The van der Waals surface area contributed by atoms with Crippen LogP contribution in [0.25, 0.3) is 10.9 Å². The molecule has 0 amide bonds. The summed E-state index contributed by atoms with van der Waals surface area (Å²) in [6.45, 7) is 8.34. The number of aromatic nitrogens is 1. The van der Waals surface area contributed by atoms with Crippen LogP contribution < -0.4 is 0 Å². The van der Waals surface area contributed by atoms with Crippen molar-refractivity contribution in [2.24, 2.45) is 5.92 Å². The SMILES string of the molecule is C=CC(C)CC(C)n1ccc2ccccc21. The topological polar surface area (TPSA) is 4.93 Å². The number of fused-ring (bicyclic) bond motifs is 1. The molecule has 0 aliphatic rings. The van der Waals surface area contributed by atoms with Gasteiger partial charge in [0, 0.05) is 17.8 Å². The predicted molar refractivity (Wildman–Crippen MR) is 70.6 cm³/mol. The zero-order valence-electron chi connectivity index (χ0n) is 10.1. The Morgan fingerprint density at radius 3 is 2.75 bits per heavy atom. The molecular weight excluding hydrogens is 194 g/mol. The van der Waals surface area contributed by atoms with Crippen LogP contribution in [0.4, 0.5) is 0 Å². The Labute approximate surface area is 97.4 Å². The fourth-order valence-electron chi connectivity index (χ4n) is 2.24. The average Bonchev–Trinajstić information content (AvgIpc) is 2.72. The Bertz CT molecular complexity index is 481. The van der Waals surface area contributed by atoms with Gasteiger partial charge in [-0.3, -0.25) is 0 Å². The molecule has 0 N–H and O–H groups in total. The van der Waals surface area contributed by atoms with Crippen LogP contribution in [0.3, 0.4) is 0 Å². The van der Waals surface area contributed by atoms with Crippen molar-refractivity contribution in [3.63, 3.8) is 0 Å². The Morgan fingerprint density at radius 1 is 1.25 bits per heavy atom. The summed E-state index contributed by atoms with van der Waals surface area (Å²) in [4.78, 5) is 0. The molecule has 1 heterocycles. The first-order valence-corrected chi connectivity index (χ1v) is 5.90. The number of allylic oxidation sites excluding steroid dienone is 1. The molecule has 0 fully saturated rings. The van der Waals surface area contributed by atoms with Gasteiger partial charge in [-0.25, -0.2) is 0 Å². The van der Waals surface area contributed by atoms with Gasteiger partial charge in [0.1, 0.15) is 0 Å². The van der Waals surface area contributed by atoms with E-state index in [0.717, 1.165) is 6.42 Å². The molecule has 0 aliphatic heterocycles. The van der Waals surface area contributed by atoms with Crippen molar-refractivity contribution in [2.75, 3.05) is 0 Å². The number of nitrogens with zero attached hydrogens (tertiary/aromatic N) is 1. The van der Waals surface area contributed by atoms with E-state index in [4.69, 9.17) is 0 Å². The van der Waals surface area contributed by atoms with Gasteiger partial charge in [0.15, 0.2) is 0 Å². The number of hydrogen-bond donors (Lipinski definition) is 0. The molecule has 0 spiro atoms. The minimum atomic E-state index is 0.521. The Kier molecular flexibility index (Phi) is 3.14. The Hall–Kier alpha value is -1.50. The first-order chi connectivity index (χ1) is 7.72. The maximum Gasteiger partial charge on any atom is 0.0482 e. The van der Waals surface area contributed by atoms with Crippen LogP contribution in [-0.2, 0) is 0 Å². The summed E-state index contributed by atoms with van der Waals surface area (Å²) >= 11 is 0. The van der Waals surface area contributed by atoms with Gasteiger partial charge >= 0.3 is 0 Å². The van der Waals surface area contributed by atoms with E-state index in [9.17, 15) is 0 Å². The summed E-state index contributed by atoms with van der Waals surface area (Å²) in [6.07, 6.45) is 5.36. The minimum Gasteiger partial charge on any atom is -0.345 e. The maximum atomic E-state index is 3.85. The molecular formula is C15H19N. The van der Waals surface area contributed by atoms with Crippen molar-refractivity contribution < 1.29 is 0 Å². The average molecular weight is 213 g/mol. The van der Waals surface area contributed by atoms with E-state index < -0.39 is 0 Å². The lowest BCUT2D eigenvalue weighted by atomic mass is 10.0. The monoisotopic (exact) mass is 213 g/mol. The fourth-order valence-corrected chi connectivity index (χ4v) is 2.24. The molecule has 0 saturated heterocycles. The van der Waals surface area contributed by atoms with Crippen molar-refractivity contribution in [2.45, 2.75) is 26.3 Å². The van der Waals surface area contributed by atoms with Crippen molar-refractivity contribution in [3.8, 4) is 0 Å². The van der Waals surface area contributed by atoms with Crippen LogP contribution in [0.5, 0.6) is 0 Å². The molecule has 0 bridgehead atoms. The lowest BCUT2D eigenvalue weighted by Crippen LogP contribution is -2.07. The molecule has 16 heavy (non-hydrogen) atoms. The first kappa shape index (κ1) is 11.0. The predicted octanol–water partition coefficient (Wildman–Crippen LogP) is 4.41. The largest absolute Gasteiger partial charge is 0.345 e. The summed E-state index contributed by atoms with van der Waals surface area (Å²) in [5.41, 5.74) is 1.33. The second-order valence-corrected chi connectivity index (χ2v) is 4.58. The quantitative estimate of drug-likeness (QED) is 0.663. The highest BCUT2D eigenvalue weighted by molar-refractivity contribution is 5.80. The van der Waals surface area contributed by atoms with E-state index in [1.807, 2.05) is 6.08 Å². The molecule has 0 aliphatic carbocycles. The molecule has 2 unspecified atom stereocenters. The van der Waals surface area contributed by atoms with Crippen LogP contribution in [0.1, 0.15) is 26.3 Å². The Morgan fingerprint density at radius 2 is 2.00 bits per heavy atom. The third kappa shape index (κ3) is 2.04. The van der Waals surface area contributed by atoms with E-state index in [0.29, 0.717) is 12.0 Å². The summed E-state index contributed by atoms with van der Waals surface area (Å²) < 4.78 is 2.36. The van der Waals surface area contributed by atoms with Gasteiger partial charge in [0.05, 0.1) is 0 Å². The van der Waals surface area contributed by atoms with Crippen LogP contribution in [-0.4, -0.2) is 4.57 Å². The standard InChI is InChI=1S/C15H19N/c1-4-12(2)11-13(3)16-10-9-14-7-5-6-8-15(14)16/h4-10,12-13H,1,11H2,2-3H3. The minimum absolute atomic E-state index is 0.521. The highest BCUT2D eigenvalue weighted by atomic mass is 15.0. The lowest BCUT2D eigenvalue weighted by Gasteiger charge is -2.17. The highest BCUT2D eigenvalue weighted by Crippen LogP contribution is 2.24. The zero-order chi connectivity index (χ0) is 11.5. The van der Waals surface area contributed by atoms with Gasteiger partial charge in [-0.15, -0.1) is 6.58 Å². The van der Waals surface area contributed by atoms with Crippen LogP contribution in [0.15, 0.2) is 49.2 Å². The molecule has 0 radical (unpaired) electrons. The first-order valence-electron chi connectivity index (χ1n) is 5.90. The molecule has 2 atom stereocenters. The van der Waals surface area contributed by atoms with Gasteiger partial charge in [-0.1, -0.05) is 31.2 Å². The fraction of sp³-hybridized carbons (Fsp3) is 0.333. The molecule has 1 heteroatoms. The maximum absolute atomic E-state index is 3.85.